The van der Waals surface area contributed by atoms with Crippen LogP contribution in [-0.4, -0.2) is 12.8 Å². The van der Waals surface area contributed by atoms with E-state index in [2.05, 4.69) is 63.5 Å². The first kappa shape index (κ1) is 14.6. The number of hydrogen-bond acceptors (Lipinski definition) is 2. The molecule has 1 unspecified atom stereocenters. The van der Waals surface area contributed by atoms with Gasteiger partial charge in [0.25, 0.3) is 0 Å². The van der Waals surface area contributed by atoms with Crippen molar-refractivity contribution in [3.63, 3.8) is 0 Å². The third-order valence-electron chi connectivity index (χ3n) is 2.91. The van der Waals surface area contributed by atoms with Crippen molar-refractivity contribution in [1.82, 2.24) is 5.32 Å². The fourth-order valence-corrected chi connectivity index (χ4v) is 2.42. The van der Waals surface area contributed by atoms with Gasteiger partial charge in [0, 0.05) is 10.9 Å². The van der Waals surface area contributed by atoms with E-state index in [0.29, 0.717) is 6.04 Å². The van der Waals surface area contributed by atoms with E-state index in [0.717, 1.165) is 6.54 Å². The second-order valence-corrected chi connectivity index (χ2v) is 6.41. The summed E-state index contributed by atoms with van der Waals surface area (Å²) in [7, 11) is 0. The number of nitrogens with one attached hydrogen (secondary N) is 1. The lowest BCUT2D eigenvalue weighted by atomic mass is 9.82. The zero-order valence-electron chi connectivity index (χ0n) is 11.7. The molecule has 0 spiro atoms. The van der Waals surface area contributed by atoms with Crippen molar-refractivity contribution in [3.05, 3.63) is 29.8 Å². The van der Waals surface area contributed by atoms with Crippen LogP contribution in [0.3, 0.4) is 0 Å². The minimum Gasteiger partial charge on any atom is -0.309 e. The molecule has 0 aliphatic carbocycles. The second-order valence-electron chi connectivity index (χ2n) is 5.53. The van der Waals surface area contributed by atoms with Crippen LogP contribution >= 0.6 is 11.8 Å². The van der Waals surface area contributed by atoms with Crippen molar-refractivity contribution in [3.8, 4) is 0 Å². The Kier molecular flexibility index (Phi) is 5.54. The first-order valence-corrected chi connectivity index (χ1v) is 7.59. The van der Waals surface area contributed by atoms with Crippen molar-refractivity contribution in [2.75, 3.05) is 12.8 Å². The SMILES string of the molecule is CCCNC(c1ccc(SC)cc1)C(C)(C)C. The molecule has 17 heavy (non-hydrogen) atoms. The Morgan fingerprint density at radius 2 is 1.76 bits per heavy atom. The van der Waals surface area contributed by atoms with Crippen molar-refractivity contribution in [2.24, 2.45) is 5.41 Å². The summed E-state index contributed by atoms with van der Waals surface area (Å²) in [5, 5.41) is 3.66. The van der Waals surface area contributed by atoms with Crippen molar-refractivity contribution >= 4 is 11.8 Å². The van der Waals surface area contributed by atoms with Gasteiger partial charge in [-0.2, -0.15) is 0 Å². The number of thioether (sulfide) groups is 1. The summed E-state index contributed by atoms with van der Waals surface area (Å²) < 4.78 is 0. The van der Waals surface area contributed by atoms with Gasteiger partial charge in [-0.25, -0.2) is 0 Å². The number of benzene rings is 1. The molecule has 0 radical (unpaired) electrons. The summed E-state index contributed by atoms with van der Waals surface area (Å²) in [6.45, 7) is 10.2. The molecule has 1 atom stereocenters. The molecule has 1 aromatic carbocycles. The fraction of sp³-hybridized carbons (Fsp3) is 0.600. The summed E-state index contributed by atoms with van der Waals surface area (Å²) in [6.07, 6.45) is 3.29. The molecule has 1 nitrogen and oxygen atoms in total. The maximum absolute atomic E-state index is 3.66. The summed E-state index contributed by atoms with van der Waals surface area (Å²) in [5.41, 5.74) is 1.64. The Labute approximate surface area is 110 Å². The van der Waals surface area contributed by atoms with Gasteiger partial charge in [0.15, 0.2) is 0 Å². The van der Waals surface area contributed by atoms with Crippen molar-refractivity contribution < 1.29 is 0 Å². The van der Waals surface area contributed by atoms with Gasteiger partial charge in [-0.1, -0.05) is 39.8 Å². The highest BCUT2D eigenvalue weighted by atomic mass is 32.2. The van der Waals surface area contributed by atoms with Gasteiger partial charge in [-0.15, -0.1) is 11.8 Å². The average molecular weight is 251 g/mol. The molecule has 0 heterocycles. The molecular formula is C15H25NS. The molecule has 1 N–H and O–H groups in total. The smallest absolute Gasteiger partial charge is 0.0369 e. The van der Waals surface area contributed by atoms with Crippen LogP contribution in [0, 0.1) is 5.41 Å². The Morgan fingerprint density at radius 3 is 2.18 bits per heavy atom. The zero-order valence-corrected chi connectivity index (χ0v) is 12.5. The molecular weight excluding hydrogens is 226 g/mol. The van der Waals surface area contributed by atoms with E-state index in [-0.39, 0.29) is 5.41 Å². The van der Waals surface area contributed by atoms with Crippen LogP contribution in [0.1, 0.15) is 45.7 Å². The van der Waals surface area contributed by atoms with Crippen LogP contribution in [0.15, 0.2) is 29.2 Å². The van der Waals surface area contributed by atoms with Crippen LogP contribution in [0.4, 0.5) is 0 Å². The summed E-state index contributed by atoms with van der Waals surface area (Å²) in [5.74, 6) is 0. The molecule has 0 bridgehead atoms. The van der Waals surface area contributed by atoms with Gasteiger partial charge in [0.2, 0.25) is 0 Å². The van der Waals surface area contributed by atoms with Crippen molar-refractivity contribution in [2.45, 2.75) is 45.1 Å². The Hall–Kier alpha value is -0.470. The fourth-order valence-electron chi connectivity index (χ4n) is 2.01. The van der Waals surface area contributed by atoms with E-state index in [9.17, 15) is 0 Å². The third kappa shape index (κ3) is 4.36. The highest BCUT2D eigenvalue weighted by molar-refractivity contribution is 7.98. The normalized spacial score (nSPS) is 13.7. The molecule has 0 aliphatic heterocycles. The second kappa shape index (κ2) is 6.46. The number of hydrogen-bond donors (Lipinski definition) is 1. The van der Waals surface area contributed by atoms with E-state index >= 15 is 0 Å². The maximum atomic E-state index is 3.66. The lowest BCUT2D eigenvalue weighted by Gasteiger charge is -2.32. The maximum Gasteiger partial charge on any atom is 0.0369 e. The van der Waals surface area contributed by atoms with Gasteiger partial charge in [0.05, 0.1) is 0 Å². The Morgan fingerprint density at radius 1 is 1.18 bits per heavy atom. The van der Waals surface area contributed by atoms with E-state index in [4.69, 9.17) is 0 Å². The van der Waals surface area contributed by atoms with Gasteiger partial charge in [-0.05, 0) is 42.3 Å². The van der Waals surface area contributed by atoms with Gasteiger partial charge in [-0.3, -0.25) is 0 Å². The molecule has 0 fully saturated rings. The predicted molar refractivity (Wildman–Crippen MR) is 78.7 cm³/mol. The molecule has 0 amide bonds. The van der Waals surface area contributed by atoms with Gasteiger partial charge in [0.1, 0.15) is 0 Å². The molecule has 1 aromatic rings. The van der Waals surface area contributed by atoms with Crippen molar-refractivity contribution in [1.29, 1.82) is 0 Å². The number of rotatable bonds is 5. The first-order chi connectivity index (χ1) is 7.99. The quantitative estimate of drug-likeness (QED) is 0.774. The van der Waals surface area contributed by atoms with Gasteiger partial charge < -0.3 is 5.32 Å². The van der Waals surface area contributed by atoms with E-state index in [1.54, 1.807) is 11.8 Å². The molecule has 0 aromatic heterocycles. The summed E-state index contributed by atoms with van der Waals surface area (Å²) >= 11 is 1.79. The molecule has 0 aliphatic rings. The third-order valence-corrected chi connectivity index (χ3v) is 3.66. The predicted octanol–water partition coefficient (Wildman–Crippen LogP) is 4.50. The van der Waals surface area contributed by atoms with Crippen LogP contribution in [0.25, 0.3) is 0 Å². The minimum atomic E-state index is 0.246. The topological polar surface area (TPSA) is 12.0 Å². The van der Waals surface area contributed by atoms with Crippen LogP contribution < -0.4 is 5.32 Å². The molecule has 0 saturated heterocycles. The average Bonchev–Trinajstić information content (AvgIpc) is 2.29. The zero-order chi connectivity index (χ0) is 12.9. The highest BCUT2D eigenvalue weighted by Crippen LogP contribution is 2.33. The largest absolute Gasteiger partial charge is 0.309 e. The highest BCUT2D eigenvalue weighted by Gasteiger charge is 2.25. The van der Waals surface area contributed by atoms with Crippen LogP contribution in [0.2, 0.25) is 0 Å². The molecule has 1 rings (SSSR count). The van der Waals surface area contributed by atoms with Crippen LogP contribution in [0.5, 0.6) is 0 Å². The van der Waals surface area contributed by atoms with Crippen LogP contribution in [-0.2, 0) is 0 Å². The Balaban J connectivity index is 2.88. The van der Waals surface area contributed by atoms with E-state index in [1.807, 2.05) is 0 Å². The van der Waals surface area contributed by atoms with E-state index in [1.165, 1.54) is 16.9 Å². The standard InChI is InChI=1S/C15H25NS/c1-6-11-16-14(15(2,3)4)12-7-9-13(17-5)10-8-12/h7-10,14,16H,6,11H2,1-5H3. The summed E-state index contributed by atoms with van der Waals surface area (Å²) in [6, 6.07) is 9.37. The first-order valence-electron chi connectivity index (χ1n) is 6.36. The molecule has 2 heteroatoms. The van der Waals surface area contributed by atoms with E-state index < -0.39 is 0 Å². The lowest BCUT2D eigenvalue weighted by molar-refractivity contribution is 0.273. The van der Waals surface area contributed by atoms with Gasteiger partial charge >= 0.3 is 0 Å². The lowest BCUT2D eigenvalue weighted by Crippen LogP contribution is -2.32. The minimum absolute atomic E-state index is 0.246. The monoisotopic (exact) mass is 251 g/mol. The molecule has 0 saturated carbocycles. The molecule has 96 valence electrons. The summed E-state index contributed by atoms with van der Waals surface area (Å²) in [4.78, 5) is 1.33. The Bertz CT molecular complexity index is 324.